The molecule has 4 N–H and O–H groups in total. The van der Waals surface area contributed by atoms with Gasteiger partial charge in [0, 0.05) is 30.9 Å². The van der Waals surface area contributed by atoms with Crippen LogP contribution in [0.15, 0.2) is 53.3 Å². The van der Waals surface area contributed by atoms with Crippen LogP contribution in [0, 0.1) is 18.6 Å². The number of aryl methyl sites for hydroxylation is 2. The first-order chi connectivity index (χ1) is 18.2. The molecule has 4 aromatic rings. The number of nitrogens with zero attached hydrogens (tertiary/aromatic N) is 3. The Kier molecular flexibility index (Phi) is 8.59. The summed E-state index contributed by atoms with van der Waals surface area (Å²) in [7, 11) is 0. The average molecular weight is 525 g/mol. The Morgan fingerprint density at radius 3 is 2.58 bits per heavy atom. The zero-order valence-electron chi connectivity index (χ0n) is 21.2. The molecule has 9 nitrogen and oxygen atoms in total. The lowest BCUT2D eigenvalue weighted by Crippen LogP contribution is -2.49. The number of nitrogens with one attached hydrogen (secondary N) is 3. The predicted octanol–water partition coefficient (Wildman–Crippen LogP) is 1.99. The highest BCUT2D eigenvalue weighted by molar-refractivity contribution is 5.78. The van der Waals surface area contributed by atoms with Crippen molar-refractivity contribution in [2.75, 3.05) is 6.54 Å². The lowest BCUT2D eigenvalue weighted by atomic mass is 10.00. The summed E-state index contributed by atoms with van der Waals surface area (Å²) < 4.78 is 28.8. The number of amides is 1. The normalized spacial score (nSPS) is 13.0. The third-order valence-electron chi connectivity index (χ3n) is 6.18. The van der Waals surface area contributed by atoms with E-state index in [-0.39, 0.29) is 42.1 Å². The van der Waals surface area contributed by atoms with Crippen molar-refractivity contribution < 1.29 is 18.7 Å². The summed E-state index contributed by atoms with van der Waals surface area (Å²) in [5.74, 6) is -1.67. The van der Waals surface area contributed by atoms with E-state index < -0.39 is 29.7 Å². The van der Waals surface area contributed by atoms with Crippen molar-refractivity contribution in [3.8, 4) is 0 Å². The Balaban J connectivity index is 1.47. The molecule has 2 atom stereocenters. The summed E-state index contributed by atoms with van der Waals surface area (Å²) in [5, 5.41) is 23.5. The molecule has 2 heterocycles. The van der Waals surface area contributed by atoms with Crippen molar-refractivity contribution in [3.05, 3.63) is 98.7 Å². The average Bonchev–Trinajstić information content (AvgIpc) is 3.25. The highest BCUT2D eigenvalue weighted by Crippen LogP contribution is 2.13. The number of benzene rings is 2. The fourth-order valence-corrected chi connectivity index (χ4v) is 4.34. The van der Waals surface area contributed by atoms with E-state index in [1.54, 1.807) is 6.92 Å². The number of fused-ring (bicyclic) bond motifs is 1. The smallest absolute Gasteiger partial charge is 0.260 e. The third-order valence-corrected chi connectivity index (χ3v) is 6.18. The van der Waals surface area contributed by atoms with E-state index in [9.17, 15) is 23.5 Å². The van der Waals surface area contributed by atoms with E-state index in [0.717, 1.165) is 30.2 Å². The van der Waals surface area contributed by atoms with Crippen LogP contribution in [0.5, 0.6) is 0 Å². The van der Waals surface area contributed by atoms with Crippen molar-refractivity contribution in [1.82, 2.24) is 30.2 Å². The Labute approximate surface area is 217 Å². The minimum absolute atomic E-state index is 0.0173. The van der Waals surface area contributed by atoms with E-state index in [2.05, 4.69) is 38.8 Å². The van der Waals surface area contributed by atoms with Crippen molar-refractivity contribution in [3.63, 3.8) is 0 Å². The second-order valence-electron chi connectivity index (χ2n) is 9.24. The predicted molar refractivity (Wildman–Crippen MR) is 138 cm³/mol. The first kappa shape index (κ1) is 27.1. The second kappa shape index (κ2) is 12.1. The van der Waals surface area contributed by atoms with E-state index in [1.807, 2.05) is 18.2 Å². The molecule has 0 aliphatic heterocycles. The van der Waals surface area contributed by atoms with Crippen molar-refractivity contribution in [2.24, 2.45) is 0 Å². The summed E-state index contributed by atoms with van der Waals surface area (Å²) in [6.45, 7) is 4.35. The molecule has 1 amide bonds. The molecule has 0 fully saturated rings. The fourth-order valence-electron chi connectivity index (χ4n) is 4.34. The van der Waals surface area contributed by atoms with Gasteiger partial charge in [0.15, 0.2) is 0 Å². The molecule has 0 saturated heterocycles. The van der Waals surface area contributed by atoms with Crippen LogP contribution in [0.1, 0.15) is 35.1 Å². The van der Waals surface area contributed by atoms with Gasteiger partial charge in [0.2, 0.25) is 11.7 Å². The Hall–Kier alpha value is -3.96. The number of carbonyl (C=O) groups excluding carboxylic acids is 1. The maximum Gasteiger partial charge on any atom is 0.260 e. The second-order valence-corrected chi connectivity index (χ2v) is 9.24. The number of hydrogen-bond donors (Lipinski definition) is 4. The SMILES string of the molecule is CCc1cccc(CNC[C@@H](O)[C@@H](Cc2cc(F)cc(F)c2)NC(=O)Cc2n[nH]c3nc(C)cc(=O)n23)c1. The highest BCUT2D eigenvalue weighted by atomic mass is 19.1. The van der Waals surface area contributed by atoms with Crippen LogP contribution in [-0.4, -0.2) is 49.3 Å². The first-order valence-corrected chi connectivity index (χ1v) is 12.4. The van der Waals surface area contributed by atoms with Crippen LogP contribution in [-0.2, 0) is 30.6 Å². The Morgan fingerprint density at radius 2 is 1.84 bits per heavy atom. The number of aliphatic hydroxyl groups is 1. The van der Waals surface area contributed by atoms with Crippen LogP contribution >= 0.6 is 0 Å². The number of H-pyrrole nitrogens is 1. The molecular formula is C27H30F2N6O3. The number of rotatable bonds is 11. The molecule has 11 heteroatoms. The van der Waals surface area contributed by atoms with Gasteiger partial charge in [0.25, 0.3) is 5.56 Å². The molecule has 38 heavy (non-hydrogen) atoms. The van der Waals surface area contributed by atoms with Crippen LogP contribution in [0.4, 0.5) is 8.78 Å². The van der Waals surface area contributed by atoms with Gasteiger partial charge in [0.1, 0.15) is 17.5 Å². The largest absolute Gasteiger partial charge is 0.390 e. The number of carbonyl (C=O) groups is 1. The van der Waals surface area contributed by atoms with Crippen LogP contribution in [0.2, 0.25) is 0 Å². The van der Waals surface area contributed by atoms with E-state index in [0.29, 0.717) is 12.2 Å². The van der Waals surface area contributed by atoms with E-state index in [4.69, 9.17) is 0 Å². The van der Waals surface area contributed by atoms with Gasteiger partial charge in [-0.1, -0.05) is 31.2 Å². The molecule has 4 rings (SSSR count). The minimum Gasteiger partial charge on any atom is -0.390 e. The standard InChI is InChI=1S/C27H30F2N6O3/c1-3-17-5-4-6-18(8-17)14-30-15-23(36)22(11-19-9-20(28)12-21(29)10-19)32-25(37)13-24-33-34-27-31-16(2)7-26(38)35(24)27/h4-10,12,22-23,30,36H,3,11,13-15H2,1-2H3,(H,31,34)(H,32,37)/t22-,23-/m1/s1. The van der Waals surface area contributed by atoms with Gasteiger partial charge in [-0.05, 0) is 48.6 Å². The lowest BCUT2D eigenvalue weighted by molar-refractivity contribution is -0.122. The maximum absolute atomic E-state index is 13.8. The molecule has 0 saturated carbocycles. The molecule has 2 aromatic carbocycles. The van der Waals surface area contributed by atoms with E-state index >= 15 is 0 Å². The molecule has 0 unspecified atom stereocenters. The first-order valence-electron chi connectivity index (χ1n) is 12.4. The molecule has 0 spiro atoms. The van der Waals surface area contributed by atoms with Crippen LogP contribution in [0.3, 0.4) is 0 Å². The zero-order chi connectivity index (χ0) is 27.2. The lowest BCUT2D eigenvalue weighted by Gasteiger charge is -2.25. The minimum atomic E-state index is -1.08. The molecule has 0 aliphatic rings. The monoisotopic (exact) mass is 524 g/mol. The summed E-state index contributed by atoms with van der Waals surface area (Å²) in [6.07, 6.45) is -0.469. The highest BCUT2D eigenvalue weighted by Gasteiger charge is 2.24. The third kappa shape index (κ3) is 6.87. The molecular weight excluding hydrogens is 494 g/mol. The van der Waals surface area contributed by atoms with Gasteiger partial charge in [0.05, 0.1) is 18.6 Å². The number of hydrogen-bond acceptors (Lipinski definition) is 6. The van der Waals surface area contributed by atoms with Crippen molar-refractivity contribution >= 4 is 11.7 Å². The van der Waals surface area contributed by atoms with Gasteiger partial charge in [-0.25, -0.2) is 23.3 Å². The molecule has 0 aliphatic carbocycles. The molecule has 0 bridgehead atoms. The fraction of sp³-hybridized carbons (Fsp3) is 0.333. The van der Waals surface area contributed by atoms with Gasteiger partial charge in [-0.2, -0.15) is 5.10 Å². The van der Waals surface area contributed by atoms with Crippen molar-refractivity contribution in [1.29, 1.82) is 0 Å². The van der Waals surface area contributed by atoms with Crippen LogP contribution < -0.4 is 16.2 Å². The van der Waals surface area contributed by atoms with Gasteiger partial charge < -0.3 is 15.7 Å². The van der Waals surface area contributed by atoms with Gasteiger partial charge in [-0.3, -0.25) is 9.59 Å². The molecule has 200 valence electrons. The Bertz CT molecular complexity index is 1470. The number of aromatic amines is 1. The number of aromatic nitrogens is 4. The van der Waals surface area contributed by atoms with Gasteiger partial charge >= 0.3 is 0 Å². The van der Waals surface area contributed by atoms with Gasteiger partial charge in [-0.15, -0.1) is 0 Å². The van der Waals surface area contributed by atoms with E-state index in [1.165, 1.54) is 16.0 Å². The number of aliphatic hydroxyl groups excluding tert-OH is 1. The van der Waals surface area contributed by atoms with Crippen LogP contribution in [0.25, 0.3) is 5.78 Å². The summed E-state index contributed by atoms with van der Waals surface area (Å²) in [5.41, 5.74) is 2.65. The summed E-state index contributed by atoms with van der Waals surface area (Å²) in [4.78, 5) is 29.5. The summed E-state index contributed by atoms with van der Waals surface area (Å²) >= 11 is 0. The topological polar surface area (TPSA) is 124 Å². The summed E-state index contributed by atoms with van der Waals surface area (Å²) in [6, 6.07) is 11.6. The quantitative estimate of drug-likeness (QED) is 0.238. The number of halogens is 2. The molecule has 0 radical (unpaired) electrons. The Morgan fingerprint density at radius 1 is 1.11 bits per heavy atom. The maximum atomic E-state index is 13.8. The van der Waals surface area contributed by atoms with Crippen molar-refractivity contribution in [2.45, 2.75) is 51.8 Å². The molecule has 2 aromatic heterocycles. The zero-order valence-corrected chi connectivity index (χ0v) is 21.2.